The third kappa shape index (κ3) is 4.83. The summed E-state index contributed by atoms with van der Waals surface area (Å²) in [7, 11) is 1.92. The summed E-state index contributed by atoms with van der Waals surface area (Å²) in [5.41, 5.74) is 2.29. The van der Waals surface area contributed by atoms with E-state index in [2.05, 4.69) is 50.3 Å². The van der Waals surface area contributed by atoms with Gasteiger partial charge in [-0.3, -0.25) is 4.68 Å². The SMILES string of the molecule is CCNC(=NCc1cccc(Br)c1)N1CCOC(c2cnn(C)c2)C1. The van der Waals surface area contributed by atoms with Gasteiger partial charge in [0.25, 0.3) is 0 Å². The Hall–Kier alpha value is -1.86. The van der Waals surface area contributed by atoms with Crippen molar-refractivity contribution in [3.63, 3.8) is 0 Å². The number of rotatable bonds is 4. The molecule has 0 saturated carbocycles. The molecule has 3 rings (SSSR count). The standard InChI is InChI=1S/C18H24BrN5O/c1-3-20-18(21-10-14-5-4-6-16(19)9-14)24-7-8-25-17(13-24)15-11-22-23(2)12-15/h4-6,9,11-12,17H,3,7-8,10,13H2,1-2H3,(H,20,21). The fourth-order valence-electron chi connectivity index (χ4n) is 2.88. The van der Waals surface area contributed by atoms with E-state index in [0.717, 1.165) is 35.6 Å². The fourth-order valence-corrected chi connectivity index (χ4v) is 3.32. The molecule has 7 heteroatoms. The monoisotopic (exact) mass is 405 g/mol. The first-order valence-corrected chi connectivity index (χ1v) is 9.33. The Labute approximate surface area is 157 Å². The molecule has 1 aliphatic rings. The zero-order chi connectivity index (χ0) is 17.6. The number of benzene rings is 1. The number of ether oxygens (including phenoxy) is 1. The Balaban J connectivity index is 1.71. The molecule has 134 valence electrons. The molecular formula is C18H24BrN5O. The number of hydrogen-bond donors (Lipinski definition) is 1. The maximum absolute atomic E-state index is 5.93. The van der Waals surface area contributed by atoms with Crippen LogP contribution in [0, 0.1) is 0 Å². The number of hydrogen-bond acceptors (Lipinski definition) is 3. The number of nitrogens with zero attached hydrogens (tertiary/aromatic N) is 4. The van der Waals surface area contributed by atoms with Gasteiger partial charge in [0.15, 0.2) is 5.96 Å². The fraction of sp³-hybridized carbons (Fsp3) is 0.444. The Morgan fingerprint density at radius 1 is 1.48 bits per heavy atom. The van der Waals surface area contributed by atoms with Crippen LogP contribution in [0.4, 0.5) is 0 Å². The maximum Gasteiger partial charge on any atom is 0.194 e. The molecule has 0 radical (unpaired) electrons. The molecule has 1 aromatic heterocycles. The Kier molecular flexibility index (Phi) is 6.09. The predicted molar refractivity (Wildman–Crippen MR) is 102 cm³/mol. The number of aryl methyl sites for hydroxylation is 1. The van der Waals surface area contributed by atoms with Gasteiger partial charge in [-0.2, -0.15) is 5.10 Å². The Bertz CT molecular complexity index is 730. The largest absolute Gasteiger partial charge is 0.370 e. The number of aliphatic imine (C=N–C) groups is 1. The quantitative estimate of drug-likeness (QED) is 0.627. The van der Waals surface area contributed by atoms with Crippen LogP contribution in [-0.4, -0.2) is 46.9 Å². The van der Waals surface area contributed by atoms with Crippen LogP contribution in [0.15, 0.2) is 46.1 Å². The topological polar surface area (TPSA) is 54.7 Å². The molecule has 2 heterocycles. The third-order valence-electron chi connectivity index (χ3n) is 4.10. The van der Waals surface area contributed by atoms with Crippen molar-refractivity contribution in [2.45, 2.75) is 19.6 Å². The zero-order valence-electron chi connectivity index (χ0n) is 14.7. The highest BCUT2D eigenvalue weighted by Crippen LogP contribution is 2.21. The van der Waals surface area contributed by atoms with Crippen LogP contribution in [0.1, 0.15) is 24.2 Å². The number of aromatic nitrogens is 2. The van der Waals surface area contributed by atoms with Gasteiger partial charge in [-0.05, 0) is 24.6 Å². The first kappa shape index (κ1) is 17.9. The molecule has 1 aromatic carbocycles. The van der Waals surface area contributed by atoms with E-state index in [4.69, 9.17) is 9.73 Å². The van der Waals surface area contributed by atoms with Gasteiger partial charge >= 0.3 is 0 Å². The minimum Gasteiger partial charge on any atom is -0.370 e. The summed E-state index contributed by atoms with van der Waals surface area (Å²) in [5, 5.41) is 7.65. The van der Waals surface area contributed by atoms with E-state index < -0.39 is 0 Å². The first-order chi connectivity index (χ1) is 12.2. The van der Waals surface area contributed by atoms with E-state index in [1.54, 1.807) is 0 Å². The van der Waals surface area contributed by atoms with Gasteiger partial charge < -0.3 is 15.0 Å². The van der Waals surface area contributed by atoms with E-state index in [1.165, 1.54) is 5.56 Å². The van der Waals surface area contributed by atoms with E-state index in [9.17, 15) is 0 Å². The van der Waals surface area contributed by atoms with Crippen LogP contribution in [0.25, 0.3) is 0 Å². The molecule has 25 heavy (non-hydrogen) atoms. The molecular weight excluding hydrogens is 382 g/mol. The first-order valence-electron chi connectivity index (χ1n) is 8.53. The van der Waals surface area contributed by atoms with Crippen LogP contribution in [0.5, 0.6) is 0 Å². The predicted octanol–water partition coefficient (Wildman–Crippen LogP) is 2.72. The van der Waals surface area contributed by atoms with Gasteiger partial charge in [-0.15, -0.1) is 0 Å². The molecule has 1 unspecified atom stereocenters. The van der Waals surface area contributed by atoms with E-state index in [-0.39, 0.29) is 6.10 Å². The maximum atomic E-state index is 5.93. The van der Waals surface area contributed by atoms with Crippen LogP contribution in [0.3, 0.4) is 0 Å². The highest BCUT2D eigenvalue weighted by molar-refractivity contribution is 9.10. The van der Waals surface area contributed by atoms with Crippen molar-refractivity contribution in [1.82, 2.24) is 20.0 Å². The molecule has 2 aromatic rings. The minimum atomic E-state index is 0.0252. The van der Waals surface area contributed by atoms with Gasteiger partial charge in [-0.1, -0.05) is 28.1 Å². The molecule has 1 aliphatic heterocycles. The highest BCUT2D eigenvalue weighted by atomic mass is 79.9. The average molecular weight is 406 g/mol. The molecule has 1 saturated heterocycles. The van der Waals surface area contributed by atoms with Crippen LogP contribution in [-0.2, 0) is 18.3 Å². The van der Waals surface area contributed by atoms with Crippen molar-refractivity contribution in [2.24, 2.45) is 12.0 Å². The summed E-state index contributed by atoms with van der Waals surface area (Å²) in [6.07, 6.45) is 3.91. The molecule has 0 spiro atoms. The summed E-state index contributed by atoms with van der Waals surface area (Å²) in [4.78, 5) is 7.08. The van der Waals surface area contributed by atoms with Gasteiger partial charge in [0.2, 0.25) is 0 Å². The molecule has 1 N–H and O–H groups in total. The number of halogens is 1. The van der Waals surface area contributed by atoms with Crippen LogP contribution < -0.4 is 5.32 Å². The van der Waals surface area contributed by atoms with E-state index in [0.29, 0.717) is 13.2 Å². The lowest BCUT2D eigenvalue weighted by Crippen LogP contribution is -2.48. The Morgan fingerprint density at radius 2 is 2.36 bits per heavy atom. The van der Waals surface area contributed by atoms with Crippen molar-refractivity contribution in [3.05, 3.63) is 52.3 Å². The summed E-state index contributed by atoms with van der Waals surface area (Å²) in [5.74, 6) is 0.930. The van der Waals surface area contributed by atoms with Gasteiger partial charge in [0, 0.05) is 36.4 Å². The van der Waals surface area contributed by atoms with Crippen molar-refractivity contribution >= 4 is 21.9 Å². The van der Waals surface area contributed by atoms with Crippen LogP contribution in [0.2, 0.25) is 0 Å². The lowest BCUT2D eigenvalue weighted by Gasteiger charge is -2.34. The minimum absolute atomic E-state index is 0.0252. The van der Waals surface area contributed by atoms with E-state index >= 15 is 0 Å². The lowest BCUT2D eigenvalue weighted by atomic mass is 10.1. The van der Waals surface area contributed by atoms with Gasteiger partial charge in [-0.25, -0.2) is 4.99 Å². The number of nitrogens with one attached hydrogen (secondary N) is 1. The molecule has 6 nitrogen and oxygen atoms in total. The number of guanidine groups is 1. The normalized spacial score (nSPS) is 18.4. The number of morpholine rings is 1. The van der Waals surface area contributed by atoms with Gasteiger partial charge in [0.05, 0.1) is 25.9 Å². The third-order valence-corrected chi connectivity index (χ3v) is 4.59. The second-order valence-electron chi connectivity index (χ2n) is 6.05. The average Bonchev–Trinajstić information content (AvgIpc) is 3.05. The van der Waals surface area contributed by atoms with Gasteiger partial charge in [0.1, 0.15) is 6.10 Å². The smallest absolute Gasteiger partial charge is 0.194 e. The zero-order valence-corrected chi connectivity index (χ0v) is 16.2. The summed E-state index contributed by atoms with van der Waals surface area (Å²) < 4.78 is 8.82. The van der Waals surface area contributed by atoms with Crippen molar-refractivity contribution < 1.29 is 4.74 Å². The van der Waals surface area contributed by atoms with E-state index in [1.807, 2.05) is 36.3 Å². The van der Waals surface area contributed by atoms with Crippen molar-refractivity contribution in [1.29, 1.82) is 0 Å². The molecule has 1 atom stereocenters. The molecule has 0 amide bonds. The Morgan fingerprint density at radius 3 is 3.08 bits per heavy atom. The second-order valence-corrected chi connectivity index (χ2v) is 6.97. The molecule has 0 bridgehead atoms. The molecule has 1 fully saturated rings. The highest BCUT2D eigenvalue weighted by Gasteiger charge is 2.25. The summed E-state index contributed by atoms with van der Waals surface area (Å²) in [6, 6.07) is 8.26. The summed E-state index contributed by atoms with van der Waals surface area (Å²) in [6.45, 7) is 5.87. The molecule has 0 aliphatic carbocycles. The van der Waals surface area contributed by atoms with Crippen LogP contribution >= 0.6 is 15.9 Å². The summed E-state index contributed by atoms with van der Waals surface area (Å²) >= 11 is 3.51. The van der Waals surface area contributed by atoms with Crippen molar-refractivity contribution in [2.75, 3.05) is 26.2 Å². The second kappa shape index (κ2) is 8.49. The lowest BCUT2D eigenvalue weighted by molar-refractivity contribution is -0.00805. The van der Waals surface area contributed by atoms with Crippen molar-refractivity contribution in [3.8, 4) is 0 Å².